The molecule has 0 aromatic carbocycles. The van der Waals surface area contributed by atoms with Crippen LogP contribution in [0.25, 0.3) is 0 Å². The predicted octanol–water partition coefficient (Wildman–Crippen LogP) is -1.07. The van der Waals surface area contributed by atoms with Gasteiger partial charge < -0.3 is 0 Å². The fourth-order valence-electron chi connectivity index (χ4n) is 0.843. The lowest BCUT2D eigenvalue weighted by Gasteiger charge is -1.98. The molecule has 0 fully saturated rings. The quantitative estimate of drug-likeness (QED) is 0.530. The molecule has 0 saturated heterocycles. The summed E-state index contributed by atoms with van der Waals surface area (Å²) in [6, 6.07) is 0. The van der Waals surface area contributed by atoms with Gasteiger partial charge in [-0.1, -0.05) is 0 Å². The monoisotopic (exact) mass is 171 g/mol. The van der Waals surface area contributed by atoms with Crippen molar-refractivity contribution >= 4 is 17.5 Å². The van der Waals surface area contributed by atoms with Crippen LogP contribution in [0.4, 0.5) is 0 Å². The lowest BCUT2D eigenvalue weighted by Crippen LogP contribution is -2.24. The van der Waals surface area contributed by atoms with Crippen LogP contribution >= 0.6 is 0 Å². The predicted molar refractivity (Wildman–Crippen MR) is 40.0 cm³/mol. The number of amides is 2. The maximum absolute atomic E-state index is 10.8. The van der Waals surface area contributed by atoms with Gasteiger partial charge in [0.05, 0.1) is 25.7 Å². The van der Waals surface area contributed by atoms with Gasteiger partial charge in [0.2, 0.25) is 11.8 Å². The third-order valence-electron chi connectivity index (χ3n) is 1.28. The number of rotatable bonds is 3. The second-order valence-electron chi connectivity index (χ2n) is 2.30. The molecule has 1 heterocycles. The highest BCUT2D eigenvalue weighted by Gasteiger charge is 2.16. The summed E-state index contributed by atoms with van der Waals surface area (Å²) in [4.78, 5) is 25.8. The number of nitrogens with one attached hydrogen (secondary N) is 2. The second-order valence-corrected chi connectivity index (χ2v) is 2.30. The van der Waals surface area contributed by atoms with E-state index in [9.17, 15) is 9.59 Å². The summed E-state index contributed by atoms with van der Waals surface area (Å²) in [6.45, 7) is 0. The first-order chi connectivity index (χ1) is 5.72. The van der Waals surface area contributed by atoms with Crippen LogP contribution in [-0.2, 0) is 14.4 Å². The van der Waals surface area contributed by atoms with E-state index < -0.39 is 0 Å². The zero-order chi connectivity index (χ0) is 8.97. The van der Waals surface area contributed by atoms with Crippen molar-refractivity contribution in [1.82, 2.24) is 10.9 Å². The molecule has 0 unspecified atom stereocenters. The van der Waals surface area contributed by atoms with E-state index >= 15 is 0 Å². The highest BCUT2D eigenvalue weighted by molar-refractivity contribution is 6.11. The molecular formula is C6H9N3O3. The summed E-state index contributed by atoms with van der Waals surface area (Å²) in [5.41, 5.74) is 4.90. The first-order valence-corrected chi connectivity index (χ1v) is 3.38. The van der Waals surface area contributed by atoms with Crippen LogP contribution in [0.5, 0.6) is 0 Å². The number of carbonyl (C=O) groups excluding carboxylic acids is 2. The Balaban J connectivity index is 2.32. The van der Waals surface area contributed by atoms with E-state index in [1.807, 2.05) is 0 Å². The fraction of sp³-hybridized carbons (Fsp3) is 0.500. The van der Waals surface area contributed by atoms with Crippen molar-refractivity contribution in [3.8, 4) is 0 Å². The molecule has 0 atom stereocenters. The highest BCUT2D eigenvalue weighted by Crippen LogP contribution is 1.99. The zero-order valence-corrected chi connectivity index (χ0v) is 6.59. The zero-order valence-electron chi connectivity index (χ0n) is 6.59. The second kappa shape index (κ2) is 3.82. The molecule has 12 heavy (non-hydrogen) atoms. The van der Waals surface area contributed by atoms with E-state index in [4.69, 9.17) is 0 Å². The van der Waals surface area contributed by atoms with Crippen LogP contribution < -0.4 is 10.9 Å². The molecule has 66 valence electrons. The van der Waals surface area contributed by atoms with Crippen LogP contribution in [0.3, 0.4) is 0 Å². The Labute approximate surface area is 68.9 Å². The van der Waals surface area contributed by atoms with Crippen LogP contribution in [0, 0.1) is 0 Å². The molecule has 0 spiro atoms. The van der Waals surface area contributed by atoms with Gasteiger partial charge in [0, 0.05) is 0 Å². The van der Waals surface area contributed by atoms with Gasteiger partial charge >= 0.3 is 0 Å². The van der Waals surface area contributed by atoms with Crippen molar-refractivity contribution in [2.75, 3.05) is 7.11 Å². The number of hydrogen-bond acceptors (Lipinski definition) is 4. The summed E-state index contributed by atoms with van der Waals surface area (Å²) in [5, 5.41) is 3.64. The smallest absolute Gasteiger partial charge is 0.249 e. The van der Waals surface area contributed by atoms with E-state index in [1.54, 1.807) is 0 Å². The Morgan fingerprint density at radius 1 is 1.83 bits per heavy atom. The molecule has 0 bridgehead atoms. The molecule has 0 radical (unpaired) electrons. The Morgan fingerprint density at radius 2 is 2.58 bits per heavy atom. The summed E-state index contributed by atoms with van der Waals surface area (Å²) in [6.07, 6.45) is 0.281. The van der Waals surface area contributed by atoms with Crippen molar-refractivity contribution in [2.24, 2.45) is 5.10 Å². The van der Waals surface area contributed by atoms with E-state index in [-0.39, 0.29) is 24.7 Å². The molecule has 6 heteroatoms. The third kappa shape index (κ3) is 2.31. The van der Waals surface area contributed by atoms with Crippen molar-refractivity contribution in [2.45, 2.75) is 12.8 Å². The summed E-state index contributed by atoms with van der Waals surface area (Å²) >= 11 is 0. The number of carbonyl (C=O) groups is 2. The SMILES string of the molecule is CONC(=O)CC1=NNC(=O)C1. The van der Waals surface area contributed by atoms with Crippen molar-refractivity contribution in [3.05, 3.63) is 0 Å². The molecular weight excluding hydrogens is 162 g/mol. The Hall–Kier alpha value is -1.43. The van der Waals surface area contributed by atoms with Crippen molar-refractivity contribution < 1.29 is 14.4 Å². The number of hydrazone groups is 1. The lowest BCUT2D eigenvalue weighted by atomic mass is 10.2. The summed E-state index contributed by atoms with van der Waals surface area (Å²) in [5.74, 6) is -0.497. The molecule has 2 amide bonds. The molecule has 2 N–H and O–H groups in total. The number of nitrogens with zero attached hydrogens (tertiary/aromatic N) is 1. The molecule has 0 aromatic rings. The van der Waals surface area contributed by atoms with E-state index in [0.29, 0.717) is 5.71 Å². The topological polar surface area (TPSA) is 79.8 Å². The molecule has 0 saturated carbocycles. The first kappa shape index (κ1) is 8.66. The first-order valence-electron chi connectivity index (χ1n) is 3.38. The molecule has 0 aromatic heterocycles. The van der Waals surface area contributed by atoms with Crippen LogP contribution in [0.2, 0.25) is 0 Å². The van der Waals surface area contributed by atoms with Gasteiger partial charge in [0.25, 0.3) is 0 Å². The minimum atomic E-state index is -0.312. The largest absolute Gasteiger partial charge is 0.277 e. The normalized spacial score (nSPS) is 15.4. The maximum Gasteiger partial charge on any atom is 0.249 e. The van der Waals surface area contributed by atoms with Gasteiger partial charge in [-0.15, -0.1) is 0 Å². The van der Waals surface area contributed by atoms with Gasteiger partial charge in [-0.3, -0.25) is 14.4 Å². The Morgan fingerprint density at radius 3 is 3.08 bits per heavy atom. The number of hydrogen-bond donors (Lipinski definition) is 2. The lowest BCUT2D eigenvalue weighted by molar-refractivity contribution is -0.130. The van der Waals surface area contributed by atoms with Gasteiger partial charge in [-0.05, 0) is 0 Å². The van der Waals surface area contributed by atoms with E-state index in [0.717, 1.165) is 0 Å². The molecule has 1 aliphatic rings. The van der Waals surface area contributed by atoms with Gasteiger partial charge in [0.15, 0.2) is 0 Å². The van der Waals surface area contributed by atoms with Crippen molar-refractivity contribution in [1.29, 1.82) is 0 Å². The van der Waals surface area contributed by atoms with Crippen LogP contribution in [-0.4, -0.2) is 24.6 Å². The maximum atomic E-state index is 10.8. The highest BCUT2D eigenvalue weighted by atomic mass is 16.6. The number of hydroxylamine groups is 1. The minimum absolute atomic E-state index is 0.0899. The summed E-state index contributed by atoms with van der Waals surface area (Å²) < 4.78 is 0. The molecule has 1 rings (SSSR count). The average Bonchev–Trinajstić information content (AvgIpc) is 2.36. The standard InChI is InChI=1S/C6H9N3O3/c1-12-9-6(11)3-4-2-5(10)8-7-4/h2-3H2,1H3,(H,8,10)(H,9,11). The molecule has 1 aliphatic heterocycles. The van der Waals surface area contributed by atoms with Gasteiger partial charge in [-0.2, -0.15) is 5.10 Å². The van der Waals surface area contributed by atoms with Gasteiger partial charge in [-0.25, -0.2) is 10.9 Å². The van der Waals surface area contributed by atoms with E-state index in [2.05, 4.69) is 20.8 Å². The average molecular weight is 171 g/mol. The van der Waals surface area contributed by atoms with Gasteiger partial charge in [0.1, 0.15) is 0 Å². The minimum Gasteiger partial charge on any atom is -0.277 e. The van der Waals surface area contributed by atoms with Crippen LogP contribution in [0.1, 0.15) is 12.8 Å². The molecule has 6 nitrogen and oxygen atoms in total. The summed E-state index contributed by atoms with van der Waals surface area (Å²) in [7, 11) is 1.35. The van der Waals surface area contributed by atoms with E-state index in [1.165, 1.54) is 7.11 Å². The molecule has 0 aliphatic carbocycles. The van der Waals surface area contributed by atoms with Crippen molar-refractivity contribution in [3.63, 3.8) is 0 Å². The fourth-order valence-corrected chi connectivity index (χ4v) is 0.843. The Kier molecular flexibility index (Phi) is 2.76. The van der Waals surface area contributed by atoms with Crippen LogP contribution in [0.15, 0.2) is 5.10 Å². The third-order valence-corrected chi connectivity index (χ3v) is 1.28. The Bertz CT molecular complexity index is 236.